The fourth-order valence-corrected chi connectivity index (χ4v) is 6.82. The first kappa shape index (κ1) is 27.0. The Morgan fingerprint density at radius 2 is 1.53 bits per heavy atom. The number of Topliss-reactive ketones (excluding diaryl/α,β-unsaturated/α-hetero) is 2. The molecule has 200 valence electrons. The van der Waals surface area contributed by atoms with Crippen LogP contribution in [-0.2, 0) is 16.2 Å². The van der Waals surface area contributed by atoms with Gasteiger partial charge in [0.05, 0.1) is 10.2 Å². The Kier molecular flexibility index (Phi) is 8.26. The van der Waals surface area contributed by atoms with Gasteiger partial charge in [0.25, 0.3) is 0 Å². The molecule has 0 saturated heterocycles. The lowest BCUT2D eigenvalue weighted by Crippen LogP contribution is -2.39. The van der Waals surface area contributed by atoms with Crippen LogP contribution in [0.4, 0.5) is 0 Å². The maximum absolute atomic E-state index is 13.5. The maximum atomic E-state index is 13.5. The predicted molar refractivity (Wildman–Crippen MR) is 157 cm³/mol. The number of nitrogens with zero attached hydrogens (tertiary/aromatic N) is 1. The van der Waals surface area contributed by atoms with Crippen LogP contribution < -0.4 is 9.47 Å². The Morgan fingerprint density at radius 1 is 0.895 bits per heavy atom. The van der Waals surface area contributed by atoms with Gasteiger partial charge in [0.1, 0.15) is 6.61 Å². The monoisotopic (exact) mass is 625 g/mol. The van der Waals surface area contributed by atoms with Gasteiger partial charge < -0.3 is 14.4 Å². The number of ether oxygens (including phenoxy) is 2. The number of hydrogen-bond donors (Lipinski definition) is 0. The molecule has 5 rings (SSSR count). The predicted octanol–water partition coefficient (Wildman–Crippen LogP) is 7.40. The summed E-state index contributed by atoms with van der Waals surface area (Å²) in [4.78, 5) is 29.3. The molecule has 0 fully saturated rings. The molecular weight excluding hydrogens is 589 g/mol. The van der Waals surface area contributed by atoms with Crippen LogP contribution in [0.3, 0.4) is 0 Å². The van der Waals surface area contributed by atoms with Crippen molar-refractivity contribution in [2.45, 2.75) is 78.2 Å². The second kappa shape index (κ2) is 11.6. The van der Waals surface area contributed by atoms with E-state index < -0.39 is 0 Å². The molecule has 0 aromatic heterocycles. The van der Waals surface area contributed by atoms with E-state index in [1.54, 1.807) is 0 Å². The van der Waals surface area contributed by atoms with E-state index in [9.17, 15) is 9.59 Å². The summed E-state index contributed by atoms with van der Waals surface area (Å²) in [6, 6.07) is 12.4. The van der Waals surface area contributed by atoms with E-state index in [0.29, 0.717) is 37.6 Å². The van der Waals surface area contributed by atoms with Crippen LogP contribution in [0.5, 0.6) is 11.5 Å². The van der Waals surface area contributed by atoms with Crippen molar-refractivity contribution in [3.05, 3.63) is 79.2 Å². The zero-order valence-corrected chi connectivity index (χ0v) is 24.7. The molecule has 0 bridgehead atoms. The number of halogens is 1. The van der Waals surface area contributed by atoms with Crippen molar-refractivity contribution in [2.75, 3.05) is 13.2 Å². The molecule has 2 aromatic carbocycles. The highest BCUT2D eigenvalue weighted by Crippen LogP contribution is 2.50. The van der Waals surface area contributed by atoms with Gasteiger partial charge in [-0.05, 0) is 91.8 Å². The first-order valence-corrected chi connectivity index (χ1v) is 14.9. The molecule has 0 atom stereocenters. The molecule has 2 aromatic rings. The lowest BCUT2D eigenvalue weighted by molar-refractivity contribution is -0.117. The van der Waals surface area contributed by atoms with Crippen LogP contribution in [0.1, 0.15) is 81.4 Å². The molecule has 3 aliphatic rings. The summed E-state index contributed by atoms with van der Waals surface area (Å²) in [5.74, 6) is 1.37. The third kappa shape index (κ3) is 5.16. The average molecular weight is 626 g/mol. The number of allylic oxidation sites excluding steroid dienone is 4. The minimum atomic E-state index is -0.340. The zero-order valence-electron chi connectivity index (χ0n) is 22.6. The van der Waals surface area contributed by atoms with Crippen molar-refractivity contribution in [2.24, 2.45) is 0 Å². The third-order valence-corrected chi connectivity index (χ3v) is 8.50. The van der Waals surface area contributed by atoms with Gasteiger partial charge in [0, 0.05) is 47.8 Å². The first-order valence-electron chi connectivity index (χ1n) is 13.9. The van der Waals surface area contributed by atoms with Crippen LogP contribution >= 0.6 is 22.6 Å². The van der Waals surface area contributed by atoms with E-state index in [4.69, 9.17) is 9.47 Å². The summed E-state index contributed by atoms with van der Waals surface area (Å²) in [5.41, 5.74) is 7.16. The molecule has 0 radical (unpaired) electrons. The van der Waals surface area contributed by atoms with Gasteiger partial charge in [0.2, 0.25) is 0 Å². The van der Waals surface area contributed by atoms with Crippen LogP contribution in [0.25, 0.3) is 0 Å². The molecule has 0 N–H and O–H groups in total. The Labute approximate surface area is 239 Å². The second-order valence-corrected chi connectivity index (χ2v) is 11.6. The molecule has 5 nitrogen and oxygen atoms in total. The van der Waals surface area contributed by atoms with E-state index in [0.717, 1.165) is 75.9 Å². The highest BCUT2D eigenvalue weighted by atomic mass is 127. The topological polar surface area (TPSA) is 55.8 Å². The van der Waals surface area contributed by atoms with Crippen LogP contribution in [-0.4, -0.2) is 29.6 Å². The Balaban J connectivity index is 1.60. The minimum Gasteiger partial charge on any atom is -0.490 e. The fourth-order valence-electron chi connectivity index (χ4n) is 6.04. The first-order chi connectivity index (χ1) is 18.4. The molecule has 0 spiro atoms. The molecule has 6 heteroatoms. The minimum absolute atomic E-state index is 0.176. The van der Waals surface area contributed by atoms with Gasteiger partial charge >= 0.3 is 0 Å². The summed E-state index contributed by atoms with van der Waals surface area (Å²) in [6.07, 6.45) is 5.56. The van der Waals surface area contributed by atoms with E-state index in [1.807, 2.05) is 13.0 Å². The van der Waals surface area contributed by atoms with E-state index in [-0.39, 0.29) is 17.5 Å². The van der Waals surface area contributed by atoms with Crippen LogP contribution in [0, 0.1) is 10.5 Å². The average Bonchev–Trinajstić information content (AvgIpc) is 2.90. The lowest BCUT2D eigenvalue weighted by Gasteiger charge is -2.44. The van der Waals surface area contributed by atoms with Crippen LogP contribution in [0.15, 0.2) is 58.9 Å². The highest BCUT2D eigenvalue weighted by Gasteiger charge is 2.43. The number of hydrogen-bond acceptors (Lipinski definition) is 5. The molecule has 0 amide bonds. The summed E-state index contributed by atoms with van der Waals surface area (Å²) in [6.45, 7) is 7.97. The van der Waals surface area contributed by atoms with Crippen LogP contribution in [0.2, 0.25) is 0 Å². The number of carbonyl (C=O) groups is 2. The van der Waals surface area contributed by atoms with Gasteiger partial charge in [-0.1, -0.05) is 36.8 Å². The molecule has 0 saturated carbocycles. The number of aryl methyl sites for hydroxylation is 1. The maximum Gasteiger partial charge on any atom is 0.174 e. The third-order valence-electron chi connectivity index (χ3n) is 7.70. The smallest absolute Gasteiger partial charge is 0.174 e. The molecule has 0 unspecified atom stereocenters. The summed E-state index contributed by atoms with van der Waals surface area (Å²) < 4.78 is 13.3. The van der Waals surface area contributed by atoms with Gasteiger partial charge in [-0.15, -0.1) is 0 Å². The Bertz CT molecular complexity index is 1260. The van der Waals surface area contributed by atoms with E-state index in [1.165, 1.54) is 5.56 Å². The van der Waals surface area contributed by atoms with Crippen molar-refractivity contribution in [1.82, 2.24) is 4.90 Å². The van der Waals surface area contributed by atoms with Crippen molar-refractivity contribution >= 4 is 34.2 Å². The standard InChI is InChI=1S/C32H36INO4/c1-4-16-34-24-8-6-10-26(35)30(24)29(31-25(34)9-7-11-27(31)36)22-17-23(33)32(28(18-22)37-5-2)38-19-21-14-12-20(3)13-15-21/h12-15,17-18,29H,4-11,16,19H2,1-3H3. The van der Waals surface area contributed by atoms with Crippen molar-refractivity contribution < 1.29 is 19.1 Å². The number of ketones is 2. The summed E-state index contributed by atoms with van der Waals surface area (Å²) in [5, 5.41) is 0. The second-order valence-electron chi connectivity index (χ2n) is 10.4. The number of carbonyl (C=O) groups excluding carboxylic acids is 2. The summed E-state index contributed by atoms with van der Waals surface area (Å²) in [7, 11) is 0. The molecule has 1 aliphatic heterocycles. The van der Waals surface area contributed by atoms with Crippen molar-refractivity contribution in [3.63, 3.8) is 0 Å². The summed E-state index contributed by atoms with van der Waals surface area (Å²) >= 11 is 2.30. The SMILES string of the molecule is CCCN1C2=C(C(=O)CCC2)C(c2cc(I)c(OCc3ccc(C)cc3)c(OCC)c2)C2=C1CCCC2=O. The van der Waals surface area contributed by atoms with Crippen molar-refractivity contribution in [1.29, 1.82) is 0 Å². The van der Waals surface area contributed by atoms with E-state index in [2.05, 4.69) is 71.7 Å². The molecule has 1 heterocycles. The highest BCUT2D eigenvalue weighted by molar-refractivity contribution is 14.1. The normalized spacial score (nSPS) is 18.1. The van der Waals surface area contributed by atoms with Gasteiger partial charge in [0.15, 0.2) is 23.1 Å². The Morgan fingerprint density at radius 3 is 2.11 bits per heavy atom. The number of benzene rings is 2. The molecular formula is C32H36INO4. The van der Waals surface area contributed by atoms with E-state index >= 15 is 0 Å². The Hall–Kier alpha value is -2.61. The van der Waals surface area contributed by atoms with Gasteiger partial charge in [-0.3, -0.25) is 9.59 Å². The van der Waals surface area contributed by atoms with Gasteiger partial charge in [-0.2, -0.15) is 0 Å². The van der Waals surface area contributed by atoms with Crippen molar-refractivity contribution in [3.8, 4) is 11.5 Å². The number of rotatable bonds is 8. The lowest BCUT2D eigenvalue weighted by atomic mass is 9.71. The zero-order chi connectivity index (χ0) is 26.8. The van der Waals surface area contributed by atoms with Gasteiger partial charge in [-0.25, -0.2) is 0 Å². The molecule has 38 heavy (non-hydrogen) atoms. The largest absolute Gasteiger partial charge is 0.490 e. The quantitative estimate of drug-likeness (QED) is 0.286. The fraction of sp³-hybridized carbons (Fsp3) is 0.438. The molecule has 2 aliphatic carbocycles.